The molecule has 0 bridgehead atoms. The van der Waals surface area contributed by atoms with Gasteiger partial charge in [-0.15, -0.1) is 0 Å². The van der Waals surface area contributed by atoms with E-state index < -0.39 is 0 Å². The quantitative estimate of drug-likeness (QED) is 0.862. The van der Waals surface area contributed by atoms with Crippen LogP contribution in [0.4, 0.5) is 0 Å². The van der Waals surface area contributed by atoms with E-state index >= 15 is 0 Å². The van der Waals surface area contributed by atoms with Gasteiger partial charge in [0, 0.05) is 25.5 Å². The third-order valence-electron chi connectivity index (χ3n) is 3.67. The van der Waals surface area contributed by atoms with Gasteiger partial charge < -0.3 is 5.32 Å². The maximum atomic E-state index is 4.23. The highest BCUT2D eigenvalue weighted by atomic mass is 15.2. The summed E-state index contributed by atoms with van der Waals surface area (Å²) in [5.74, 6) is 0.556. The van der Waals surface area contributed by atoms with Gasteiger partial charge in [-0.2, -0.15) is 5.10 Å². The molecule has 0 fully saturated rings. The fourth-order valence-electron chi connectivity index (χ4n) is 2.44. The van der Waals surface area contributed by atoms with Crippen molar-refractivity contribution in [2.75, 3.05) is 13.6 Å². The number of nitrogens with one attached hydrogen (secondary N) is 1. The largest absolute Gasteiger partial charge is 0.319 e. The monoisotopic (exact) mass is 257 g/mol. The zero-order valence-corrected chi connectivity index (χ0v) is 12.1. The lowest BCUT2D eigenvalue weighted by atomic mass is 9.93. The van der Waals surface area contributed by atoms with E-state index in [0.717, 1.165) is 19.4 Å². The van der Waals surface area contributed by atoms with Crippen LogP contribution in [0, 0.1) is 6.92 Å². The molecule has 1 aromatic carbocycles. The predicted molar refractivity (Wildman–Crippen MR) is 79.4 cm³/mol. The van der Waals surface area contributed by atoms with E-state index in [1.165, 1.54) is 16.8 Å². The maximum absolute atomic E-state index is 4.23. The Hall–Kier alpha value is -1.61. The van der Waals surface area contributed by atoms with Gasteiger partial charge >= 0.3 is 0 Å². The van der Waals surface area contributed by atoms with E-state index in [1.807, 2.05) is 25.0 Å². The standard InChI is InChI=1S/C16H23N3/c1-13-4-6-14(7-5-13)15(12-17-2)8-9-16-10-11-18-19(16)3/h4-7,10-11,15,17H,8-9,12H2,1-3H3. The minimum absolute atomic E-state index is 0.556. The van der Waals surface area contributed by atoms with Gasteiger partial charge in [0.2, 0.25) is 0 Å². The average molecular weight is 257 g/mol. The number of benzene rings is 1. The van der Waals surface area contributed by atoms with E-state index in [-0.39, 0.29) is 0 Å². The second-order valence-electron chi connectivity index (χ2n) is 5.15. The fourth-order valence-corrected chi connectivity index (χ4v) is 2.44. The lowest BCUT2D eigenvalue weighted by Gasteiger charge is -2.17. The normalized spacial score (nSPS) is 12.6. The second kappa shape index (κ2) is 6.53. The molecule has 0 saturated carbocycles. The van der Waals surface area contributed by atoms with Gasteiger partial charge in [-0.05, 0) is 44.4 Å². The highest BCUT2D eigenvalue weighted by Crippen LogP contribution is 2.21. The SMILES string of the molecule is CNCC(CCc1ccnn1C)c1ccc(C)cc1. The summed E-state index contributed by atoms with van der Waals surface area (Å²) in [6.45, 7) is 3.15. The van der Waals surface area contributed by atoms with Crippen LogP contribution in [0.5, 0.6) is 0 Å². The topological polar surface area (TPSA) is 29.9 Å². The Morgan fingerprint density at radius 3 is 2.53 bits per heavy atom. The third-order valence-corrected chi connectivity index (χ3v) is 3.67. The van der Waals surface area contributed by atoms with Gasteiger partial charge in [-0.1, -0.05) is 29.8 Å². The summed E-state index contributed by atoms with van der Waals surface area (Å²) >= 11 is 0. The van der Waals surface area contributed by atoms with E-state index in [1.54, 1.807) is 0 Å². The smallest absolute Gasteiger partial charge is 0.0492 e. The summed E-state index contributed by atoms with van der Waals surface area (Å²) in [5, 5.41) is 7.53. The van der Waals surface area contributed by atoms with Crippen molar-refractivity contribution < 1.29 is 0 Å². The van der Waals surface area contributed by atoms with Crippen molar-refractivity contribution in [2.24, 2.45) is 7.05 Å². The molecular formula is C16H23N3. The Bertz CT molecular complexity index is 499. The first-order valence-corrected chi connectivity index (χ1v) is 6.88. The third kappa shape index (κ3) is 3.67. The molecular weight excluding hydrogens is 234 g/mol. The van der Waals surface area contributed by atoms with Crippen LogP contribution in [0.1, 0.15) is 29.2 Å². The molecule has 0 radical (unpaired) electrons. The number of hydrogen-bond donors (Lipinski definition) is 1. The van der Waals surface area contributed by atoms with Crippen molar-refractivity contribution in [1.29, 1.82) is 0 Å². The van der Waals surface area contributed by atoms with Gasteiger partial charge in [-0.25, -0.2) is 0 Å². The van der Waals surface area contributed by atoms with Gasteiger partial charge in [0.15, 0.2) is 0 Å². The molecule has 0 aliphatic rings. The van der Waals surface area contributed by atoms with Gasteiger partial charge in [0.1, 0.15) is 0 Å². The molecule has 3 heteroatoms. The van der Waals surface area contributed by atoms with Crippen LogP contribution in [0.15, 0.2) is 36.5 Å². The number of nitrogens with zero attached hydrogens (tertiary/aromatic N) is 2. The highest BCUT2D eigenvalue weighted by molar-refractivity contribution is 5.25. The van der Waals surface area contributed by atoms with Crippen LogP contribution in [0.2, 0.25) is 0 Å². The molecule has 3 nitrogen and oxygen atoms in total. The first kappa shape index (κ1) is 13.8. The maximum Gasteiger partial charge on any atom is 0.0492 e. The minimum Gasteiger partial charge on any atom is -0.319 e. The van der Waals surface area contributed by atoms with E-state index in [9.17, 15) is 0 Å². The molecule has 102 valence electrons. The molecule has 1 unspecified atom stereocenters. The van der Waals surface area contributed by atoms with E-state index in [2.05, 4.69) is 47.7 Å². The number of hydrogen-bond acceptors (Lipinski definition) is 2. The summed E-state index contributed by atoms with van der Waals surface area (Å²) in [6.07, 6.45) is 4.08. The lowest BCUT2D eigenvalue weighted by molar-refractivity contribution is 0.567. The number of likely N-dealkylation sites (N-methyl/N-ethyl adjacent to an activating group) is 1. The Kier molecular flexibility index (Phi) is 4.74. The Morgan fingerprint density at radius 2 is 1.95 bits per heavy atom. The Balaban J connectivity index is 2.04. The number of rotatable bonds is 6. The molecule has 19 heavy (non-hydrogen) atoms. The fraction of sp³-hybridized carbons (Fsp3) is 0.438. The first-order chi connectivity index (χ1) is 9.20. The predicted octanol–water partition coefficient (Wildman–Crippen LogP) is 2.66. The Labute approximate surface area is 115 Å². The van der Waals surface area contributed by atoms with Crippen molar-refractivity contribution in [2.45, 2.75) is 25.7 Å². The summed E-state index contributed by atoms with van der Waals surface area (Å²) in [6, 6.07) is 11.0. The summed E-state index contributed by atoms with van der Waals surface area (Å²) < 4.78 is 1.96. The molecule has 1 atom stereocenters. The molecule has 2 rings (SSSR count). The molecule has 1 N–H and O–H groups in total. The van der Waals surface area contributed by atoms with Crippen LogP contribution in [0.25, 0.3) is 0 Å². The van der Waals surface area contributed by atoms with E-state index in [4.69, 9.17) is 0 Å². The summed E-state index contributed by atoms with van der Waals surface area (Å²) in [5.41, 5.74) is 4.04. The van der Waals surface area contributed by atoms with Crippen molar-refractivity contribution in [3.63, 3.8) is 0 Å². The second-order valence-corrected chi connectivity index (χ2v) is 5.15. The zero-order valence-electron chi connectivity index (χ0n) is 12.1. The molecule has 0 aliphatic heterocycles. The Morgan fingerprint density at radius 1 is 1.21 bits per heavy atom. The van der Waals surface area contributed by atoms with Crippen molar-refractivity contribution in [1.82, 2.24) is 15.1 Å². The molecule has 1 heterocycles. The van der Waals surface area contributed by atoms with Crippen LogP contribution >= 0.6 is 0 Å². The van der Waals surface area contributed by atoms with Crippen LogP contribution in [-0.2, 0) is 13.5 Å². The highest BCUT2D eigenvalue weighted by Gasteiger charge is 2.11. The van der Waals surface area contributed by atoms with E-state index in [0.29, 0.717) is 5.92 Å². The molecule has 1 aromatic heterocycles. The number of aryl methyl sites for hydroxylation is 3. The summed E-state index contributed by atoms with van der Waals surface area (Å²) in [4.78, 5) is 0. The van der Waals surface area contributed by atoms with Crippen LogP contribution < -0.4 is 5.32 Å². The molecule has 0 spiro atoms. The molecule has 2 aromatic rings. The van der Waals surface area contributed by atoms with Gasteiger partial charge in [-0.3, -0.25) is 4.68 Å². The minimum atomic E-state index is 0.556. The van der Waals surface area contributed by atoms with Crippen LogP contribution in [0.3, 0.4) is 0 Å². The average Bonchev–Trinajstić information content (AvgIpc) is 2.81. The van der Waals surface area contributed by atoms with Gasteiger partial charge in [0.05, 0.1) is 0 Å². The van der Waals surface area contributed by atoms with Gasteiger partial charge in [0.25, 0.3) is 0 Å². The first-order valence-electron chi connectivity index (χ1n) is 6.88. The number of aromatic nitrogens is 2. The van der Waals surface area contributed by atoms with Crippen LogP contribution in [-0.4, -0.2) is 23.4 Å². The summed E-state index contributed by atoms with van der Waals surface area (Å²) in [7, 11) is 4.03. The van der Waals surface area contributed by atoms with Crippen molar-refractivity contribution in [3.8, 4) is 0 Å². The van der Waals surface area contributed by atoms with Crippen molar-refractivity contribution >= 4 is 0 Å². The zero-order chi connectivity index (χ0) is 13.7. The van der Waals surface area contributed by atoms with Crippen molar-refractivity contribution in [3.05, 3.63) is 53.3 Å². The molecule has 0 saturated heterocycles. The lowest BCUT2D eigenvalue weighted by Crippen LogP contribution is -2.18. The molecule has 0 amide bonds. The molecule has 0 aliphatic carbocycles.